The number of hydrogen-bond donors (Lipinski definition) is 1. The largest absolute Gasteiger partial charge is 0.479 e. The molecule has 1 N–H and O–H groups in total. The van der Waals surface area contributed by atoms with Crippen molar-refractivity contribution in [2.24, 2.45) is 5.92 Å². The second-order valence-corrected chi connectivity index (χ2v) is 4.96. The Hall–Kier alpha value is -2.09. The molecule has 0 heterocycles. The third-order valence-electron chi connectivity index (χ3n) is 2.78. The molecule has 0 radical (unpaired) electrons. The second kappa shape index (κ2) is 7.49. The average molecular weight is 278 g/mol. The highest BCUT2D eigenvalue weighted by Crippen LogP contribution is 2.21. The Morgan fingerprint density at radius 3 is 2.75 bits per heavy atom. The Kier molecular flexibility index (Phi) is 5.98. The van der Waals surface area contributed by atoms with Gasteiger partial charge in [0, 0.05) is 6.54 Å². The van der Waals surface area contributed by atoms with Gasteiger partial charge >= 0.3 is 0 Å². The Labute approximate surface area is 118 Å². The standard InChI is InChI=1S/C15H19FN2O2/c1-10(2)7-8-18-15(19)11(3)20-14-6-4-5-13(16)12(14)9-17/h4-6,10-11H,7-8H2,1-3H3,(H,18,19). The lowest BCUT2D eigenvalue weighted by atomic mass is 10.1. The van der Waals surface area contributed by atoms with Gasteiger partial charge in [-0.15, -0.1) is 0 Å². The van der Waals surface area contributed by atoms with Crippen LogP contribution in [0.4, 0.5) is 4.39 Å². The van der Waals surface area contributed by atoms with E-state index in [2.05, 4.69) is 19.2 Å². The van der Waals surface area contributed by atoms with Gasteiger partial charge in [-0.3, -0.25) is 4.79 Å². The number of hydrogen-bond acceptors (Lipinski definition) is 3. The van der Waals surface area contributed by atoms with Crippen molar-refractivity contribution in [3.05, 3.63) is 29.6 Å². The number of rotatable bonds is 6. The van der Waals surface area contributed by atoms with Crippen LogP contribution < -0.4 is 10.1 Å². The molecule has 0 spiro atoms. The van der Waals surface area contributed by atoms with Gasteiger partial charge in [0.15, 0.2) is 6.10 Å². The van der Waals surface area contributed by atoms with Gasteiger partial charge in [0.1, 0.15) is 23.2 Å². The van der Waals surface area contributed by atoms with Gasteiger partial charge in [-0.25, -0.2) is 4.39 Å². The summed E-state index contributed by atoms with van der Waals surface area (Å²) in [6.45, 7) is 6.27. The molecule has 1 rings (SSSR count). The van der Waals surface area contributed by atoms with Crippen molar-refractivity contribution >= 4 is 5.91 Å². The summed E-state index contributed by atoms with van der Waals surface area (Å²) in [6.07, 6.45) is 0.0954. The van der Waals surface area contributed by atoms with Gasteiger partial charge in [-0.1, -0.05) is 19.9 Å². The molecule has 20 heavy (non-hydrogen) atoms. The first-order valence-corrected chi connectivity index (χ1v) is 6.58. The van der Waals surface area contributed by atoms with Crippen LogP contribution in [0.5, 0.6) is 5.75 Å². The summed E-state index contributed by atoms with van der Waals surface area (Å²) in [5.74, 6) is -0.352. The fraction of sp³-hybridized carbons (Fsp3) is 0.467. The lowest BCUT2D eigenvalue weighted by Gasteiger charge is -2.16. The number of ether oxygens (including phenoxy) is 1. The average Bonchev–Trinajstić information content (AvgIpc) is 2.38. The van der Waals surface area contributed by atoms with Crippen LogP contribution in [-0.2, 0) is 4.79 Å². The first kappa shape index (κ1) is 16.0. The maximum absolute atomic E-state index is 13.4. The highest BCUT2D eigenvalue weighted by molar-refractivity contribution is 5.80. The lowest BCUT2D eigenvalue weighted by molar-refractivity contribution is -0.127. The van der Waals surface area contributed by atoms with Gasteiger partial charge in [-0.2, -0.15) is 5.26 Å². The molecule has 0 bridgehead atoms. The second-order valence-electron chi connectivity index (χ2n) is 4.96. The monoisotopic (exact) mass is 278 g/mol. The number of nitrogens with one attached hydrogen (secondary N) is 1. The van der Waals surface area contributed by atoms with Crippen molar-refractivity contribution in [3.8, 4) is 11.8 Å². The van der Waals surface area contributed by atoms with E-state index in [1.54, 1.807) is 13.0 Å². The third kappa shape index (κ3) is 4.54. The van der Waals surface area contributed by atoms with Crippen molar-refractivity contribution in [1.82, 2.24) is 5.32 Å². The van der Waals surface area contributed by atoms with Gasteiger partial charge in [0.2, 0.25) is 0 Å². The van der Waals surface area contributed by atoms with Crippen molar-refractivity contribution in [2.75, 3.05) is 6.54 Å². The highest BCUT2D eigenvalue weighted by Gasteiger charge is 2.17. The lowest BCUT2D eigenvalue weighted by Crippen LogP contribution is -2.37. The van der Waals surface area contributed by atoms with E-state index >= 15 is 0 Å². The zero-order chi connectivity index (χ0) is 15.1. The van der Waals surface area contributed by atoms with Crippen LogP contribution >= 0.6 is 0 Å². The fourth-order valence-corrected chi connectivity index (χ4v) is 1.58. The number of nitrogens with zero attached hydrogens (tertiary/aromatic N) is 1. The number of benzene rings is 1. The minimum Gasteiger partial charge on any atom is -0.479 e. The number of nitriles is 1. The topological polar surface area (TPSA) is 62.1 Å². The number of amides is 1. The van der Waals surface area contributed by atoms with Crippen LogP contribution in [0.1, 0.15) is 32.8 Å². The number of halogens is 1. The van der Waals surface area contributed by atoms with Gasteiger partial charge in [-0.05, 0) is 31.4 Å². The molecule has 0 aromatic heterocycles. The van der Waals surface area contributed by atoms with Crippen molar-refractivity contribution in [3.63, 3.8) is 0 Å². The molecule has 1 amide bonds. The van der Waals surface area contributed by atoms with E-state index in [1.807, 2.05) is 0 Å². The van der Waals surface area contributed by atoms with E-state index in [0.717, 1.165) is 6.42 Å². The predicted molar refractivity (Wildman–Crippen MR) is 73.7 cm³/mol. The molecule has 0 aliphatic rings. The molecular formula is C15H19FN2O2. The van der Waals surface area contributed by atoms with Crippen molar-refractivity contribution < 1.29 is 13.9 Å². The zero-order valence-corrected chi connectivity index (χ0v) is 11.9. The molecule has 1 unspecified atom stereocenters. The van der Waals surface area contributed by atoms with Crippen LogP contribution in [0.25, 0.3) is 0 Å². The molecule has 0 fully saturated rings. The Balaban J connectivity index is 2.62. The normalized spacial score (nSPS) is 11.8. The van der Waals surface area contributed by atoms with E-state index in [0.29, 0.717) is 12.5 Å². The Morgan fingerprint density at radius 2 is 2.15 bits per heavy atom. The van der Waals surface area contributed by atoms with E-state index in [9.17, 15) is 9.18 Å². The first-order valence-electron chi connectivity index (χ1n) is 6.58. The summed E-state index contributed by atoms with van der Waals surface area (Å²) in [5, 5.41) is 11.6. The summed E-state index contributed by atoms with van der Waals surface area (Å²) in [5.41, 5.74) is -0.186. The molecule has 0 aliphatic heterocycles. The van der Waals surface area contributed by atoms with Crippen LogP contribution in [0.15, 0.2) is 18.2 Å². The minimum atomic E-state index is -0.781. The quantitative estimate of drug-likeness (QED) is 0.870. The SMILES string of the molecule is CC(C)CCNC(=O)C(C)Oc1cccc(F)c1C#N. The molecule has 0 saturated carbocycles. The molecular weight excluding hydrogens is 259 g/mol. The number of carbonyl (C=O) groups excluding carboxylic acids is 1. The van der Waals surface area contributed by atoms with Gasteiger partial charge < -0.3 is 10.1 Å². The third-order valence-corrected chi connectivity index (χ3v) is 2.78. The molecule has 1 aromatic carbocycles. The summed E-state index contributed by atoms with van der Waals surface area (Å²) in [4.78, 5) is 11.8. The van der Waals surface area contributed by atoms with Crippen LogP contribution in [-0.4, -0.2) is 18.6 Å². The van der Waals surface area contributed by atoms with Crippen LogP contribution in [0.2, 0.25) is 0 Å². The predicted octanol–water partition coefficient (Wildman–Crippen LogP) is 2.63. The molecule has 108 valence electrons. The molecule has 1 aromatic rings. The minimum absolute atomic E-state index is 0.0824. The van der Waals surface area contributed by atoms with Crippen molar-refractivity contribution in [1.29, 1.82) is 5.26 Å². The van der Waals surface area contributed by atoms with Gasteiger partial charge in [0.25, 0.3) is 5.91 Å². The zero-order valence-electron chi connectivity index (χ0n) is 11.9. The smallest absolute Gasteiger partial charge is 0.260 e. The molecule has 5 heteroatoms. The summed E-state index contributed by atoms with van der Waals surface area (Å²) < 4.78 is 18.8. The first-order chi connectivity index (χ1) is 9.45. The maximum Gasteiger partial charge on any atom is 0.260 e. The molecule has 0 aliphatic carbocycles. The van der Waals surface area contributed by atoms with E-state index in [1.165, 1.54) is 18.2 Å². The Morgan fingerprint density at radius 1 is 1.45 bits per heavy atom. The van der Waals surface area contributed by atoms with Crippen LogP contribution in [0, 0.1) is 23.1 Å². The summed E-state index contributed by atoms with van der Waals surface area (Å²) in [7, 11) is 0. The van der Waals surface area contributed by atoms with E-state index in [4.69, 9.17) is 10.00 Å². The number of carbonyl (C=O) groups is 1. The van der Waals surface area contributed by atoms with E-state index < -0.39 is 11.9 Å². The summed E-state index contributed by atoms with van der Waals surface area (Å²) in [6, 6.07) is 5.83. The van der Waals surface area contributed by atoms with Crippen molar-refractivity contribution in [2.45, 2.75) is 33.3 Å². The van der Waals surface area contributed by atoms with E-state index in [-0.39, 0.29) is 17.2 Å². The molecule has 4 nitrogen and oxygen atoms in total. The fourth-order valence-electron chi connectivity index (χ4n) is 1.58. The molecule has 1 atom stereocenters. The van der Waals surface area contributed by atoms with Gasteiger partial charge in [0.05, 0.1) is 0 Å². The summed E-state index contributed by atoms with van der Waals surface area (Å²) >= 11 is 0. The highest BCUT2D eigenvalue weighted by atomic mass is 19.1. The van der Waals surface area contributed by atoms with Crippen LogP contribution in [0.3, 0.4) is 0 Å². The Bertz CT molecular complexity index is 509. The molecule has 0 saturated heterocycles. The maximum atomic E-state index is 13.4.